The van der Waals surface area contributed by atoms with Gasteiger partial charge in [-0.1, -0.05) is 136 Å². The molecule has 0 spiro atoms. The van der Waals surface area contributed by atoms with E-state index in [2.05, 4.69) is 222 Å². The van der Waals surface area contributed by atoms with Crippen molar-refractivity contribution in [1.29, 1.82) is 0 Å². The van der Waals surface area contributed by atoms with Gasteiger partial charge >= 0.3 is 0 Å². The molecule has 0 saturated heterocycles. The van der Waals surface area contributed by atoms with Crippen LogP contribution >= 0.6 is 0 Å². The molecule has 0 bridgehead atoms. The quantitative estimate of drug-likeness (QED) is 0.136. The molecule has 0 amide bonds. The first-order valence-corrected chi connectivity index (χ1v) is 35.4. The molecule has 96 heavy (non-hydrogen) atoms. The molecule has 4 aliphatic carbocycles. The summed E-state index contributed by atoms with van der Waals surface area (Å²) in [4.78, 5) is 16.2. The highest BCUT2D eigenvalue weighted by molar-refractivity contribution is 6.00. The minimum atomic E-state index is 0.403. The maximum absolute atomic E-state index is 4.93. The SMILES string of the molecule is CCc1cccc(CC)c1-c1cc(C)c2c3c(ccc2c1)C1=C(CCC=C1)C(c1c(C)nn(CC)c1C)C3.CCc1cccc(CC)c1-c1cc(C)c2c3c(ccc2c1)C1=C(CCC=C1)C(c1c(C)nn(CC)c1C)C3.c1cnc2ccncc2c1.c1cnc2ccncc2c1. The van der Waals surface area contributed by atoms with Gasteiger partial charge in [0.25, 0.3) is 0 Å². The molecule has 2 atom stereocenters. The maximum Gasteiger partial charge on any atom is 0.0732 e. The van der Waals surface area contributed by atoms with Crippen LogP contribution in [0.1, 0.15) is 169 Å². The Morgan fingerprint density at radius 3 is 1.20 bits per heavy atom. The van der Waals surface area contributed by atoms with E-state index < -0.39 is 0 Å². The number of benzene rings is 6. The lowest BCUT2D eigenvalue weighted by molar-refractivity contribution is 0.631. The molecule has 8 heteroatoms. The Morgan fingerprint density at radius 1 is 0.427 bits per heavy atom. The first-order chi connectivity index (χ1) is 46.9. The molecule has 0 fully saturated rings. The molecule has 0 saturated carbocycles. The van der Waals surface area contributed by atoms with Crippen molar-refractivity contribution in [2.24, 2.45) is 0 Å². The van der Waals surface area contributed by atoms with Crippen molar-refractivity contribution in [3.8, 4) is 22.3 Å². The zero-order valence-electron chi connectivity index (χ0n) is 58.5. The Bertz CT molecular complexity index is 4570. The van der Waals surface area contributed by atoms with E-state index in [4.69, 9.17) is 10.2 Å². The Labute approximate surface area is 568 Å². The number of rotatable bonds is 10. The highest BCUT2D eigenvalue weighted by Gasteiger charge is 2.35. The van der Waals surface area contributed by atoms with Crippen LogP contribution in [-0.4, -0.2) is 39.5 Å². The number of allylic oxidation sites excluding steroid dienone is 8. The van der Waals surface area contributed by atoms with E-state index in [-0.39, 0.29) is 0 Å². The second-order valence-corrected chi connectivity index (χ2v) is 26.5. The summed E-state index contributed by atoms with van der Waals surface area (Å²) in [6.45, 7) is 28.9. The Kier molecular flexibility index (Phi) is 19.2. The Morgan fingerprint density at radius 2 is 0.833 bits per heavy atom. The highest BCUT2D eigenvalue weighted by atomic mass is 15.3. The molecule has 6 aromatic heterocycles. The lowest BCUT2D eigenvalue weighted by Crippen LogP contribution is -2.18. The van der Waals surface area contributed by atoms with Crippen molar-refractivity contribution in [2.75, 3.05) is 0 Å². The van der Waals surface area contributed by atoms with Crippen LogP contribution in [0.4, 0.5) is 0 Å². The van der Waals surface area contributed by atoms with Gasteiger partial charge in [-0.2, -0.15) is 10.2 Å². The molecule has 8 nitrogen and oxygen atoms in total. The highest BCUT2D eigenvalue weighted by Crippen LogP contribution is 2.51. The lowest BCUT2D eigenvalue weighted by Gasteiger charge is -2.33. The Balaban J connectivity index is 0.000000134. The number of pyridine rings is 4. The molecule has 0 aliphatic heterocycles. The van der Waals surface area contributed by atoms with E-state index in [0.29, 0.717) is 11.8 Å². The van der Waals surface area contributed by atoms with Gasteiger partial charge in [0, 0.05) is 95.4 Å². The van der Waals surface area contributed by atoms with Crippen LogP contribution in [-0.2, 0) is 51.6 Å². The summed E-state index contributed by atoms with van der Waals surface area (Å²) in [5, 5.41) is 17.7. The predicted octanol–water partition coefficient (Wildman–Crippen LogP) is 21.7. The summed E-state index contributed by atoms with van der Waals surface area (Å²) in [5.41, 5.74) is 36.2. The van der Waals surface area contributed by atoms with Crippen molar-refractivity contribution in [2.45, 2.75) is 172 Å². The first-order valence-electron chi connectivity index (χ1n) is 35.4. The minimum absolute atomic E-state index is 0.403. The van der Waals surface area contributed by atoms with E-state index in [0.717, 1.165) is 99.1 Å². The molecule has 6 heterocycles. The summed E-state index contributed by atoms with van der Waals surface area (Å²) in [6.07, 6.45) is 31.1. The van der Waals surface area contributed by atoms with Crippen molar-refractivity contribution >= 4 is 54.5 Å². The van der Waals surface area contributed by atoms with Crippen molar-refractivity contribution in [3.05, 3.63) is 283 Å². The van der Waals surface area contributed by atoms with Gasteiger partial charge in [0.1, 0.15) is 0 Å². The van der Waals surface area contributed by atoms with E-state index in [1.807, 2.05) is 48.8 Å². The van der Waals surface area contributed by atoms with Crippen LogP contribution in [0, 0.1) is 41.5 Å². The zero-order valence-corrected chi connectivity index (χ0v) is 58.5. The van der Waals surface area contributed by atoms with E-state index in [1.54, 1.807) is 35.9 Å². The zero-order chi connectivity index (χ0) is 66.7. The molecule has 484 valence electrons. The standard InChI is InChI=1S/2C36H40N2.2C8H6N2/c2*1-7-25-13-12-14-26(8-2)36(25)28-19-22(4)34-27(20-28)17-18-31-29-15-10-11-16-30(29)33(21-32(31)34)35-23(5)37-38(9-3)24(35)6;2*1-2-7-6-9-5-3-8(7)10-4-1/h2*10,12-15,17-20,33H,7-9,11,16,21H2,1-6H3;2*1-6H. The number of nitrogens with zero attached hydrogens (tertiary/aromatic N) is 8. The molecule has 6 aromatic carbocycles. The monoisotopic (exact) mass is 1260 g/mol. The molecule has 12 aromatic rings. The van der Waals surface area contributed by atoms with Crippen molar-refractivity contribution in [1.82, 2.24) is 39.5 Å². The third-order valence-corrected chi connectivity index (χ3v) is 21.1. The van der Waals surface area contributed by atoms with Crippen LogP contribution in [0.5, 0.6) is 0 Å². The van der Waals surface area contributed by atoms with Crippen LogP contribution < -0.4 is 0 Å². The maximum atomic E-state index is 4.93. The van der Waals surface area contributed by atoms with Crippen LogP contribution in [0.25, 0.3) is 76.8 Å². The second-order valence-electron chi connectivity index (χ2n) is 26.5. The third kappa shape index (κ3) is 12.3. The molecule has 2 unspecified atom stereocenters. The molecule has 16 rings (SSSR count). The summed E-state index contributed by atoms with van der Waals surface area (Å²) in [7, 11) is 0. The summed E-state index contributed by atoms with van der Waals surface area (Å²) in [5.74, 6) is 0.805. The third-order valence-electron chi connectivity index (χ3n) is 21.1. The first kappa shape index (κ1) is 65.0. The van der Waals surface area contributed by atoms with Crippen LogP contribution in [0.15, 0.2) is 194 Å². The largest absolute Gasteiger partial charge is 0.270 e. The minimum Gasteiger partial charge on any atom is -0.270 e. The summed E-state index contributed by atoms with van der Waals surface area (Å²) in [6, 6.07) is 44.6. The van der Waals surface area contributed by atoms with Gasteiger partial charge in [0.15, 0.2) is 0 Å². The molecular formula is C88H92N8. The van der Waals surface area contributed by atoms with Gasteiger partial charge in [-0.3, -0.25) is 29.3 Å². The summed E-state index contributed by atoms with van der Waals surface area (Å²) < 4.78 is 4.38. The van der Waals surface area contributed by atoms with Gasteiger partial charge in [-0.05, 0) is 279 Å². The fraction of sp³-hybridized carbons (Fsp3) is 0.295. The van der Waals surface area contributed by atoms with Gasteiger partial charge in [-0.25, -0.2) is 0 Å². The number of aromatic nitrogens is 8. The second kappa shape index (κ2) is 28.3. The van der Waals surface area contributed by atoms with Crippen LogP contribution in [0.3, 0.4) is 0 Å². The van der Waals surface area contributed by atoms with Crippen LogP contribution in [0.2, 0.25) is 0 Å². The number of fused-ring (bicyclic) bond motifs is 10. The average molecular weight is 1260 g/mol. The van der Waals surface area contributed by atoms with Gasteiger partial charge in [0.2, 0.25) is 0 Å². The smallest absolute Gasteiger partial charge is 0.0732 e. The Hall–Kier alpha value is -9.66. The lowest BCUT2D eigenvalue weighted by atomic mass is 9.70. The normalized spacial score (nSPS) is 15.3. The fourth-order valence-electron chi connectivity index (χ4n) is 16.7. The van der Waals surface area contributed by atoms with Crippen molar-refractivity contribution < 1.29 is 0 Å². The van der Waals surface area contributed by atoms with E-state index in [1.165, 1.54) is 144 Å². The van der Waals surface area contributed by atoms with E-state index in [9.17, 15) is 0 Å². The number of hydrogen-bond donors (Lipinski definition) is 0. The predicted molar refractivity (Wildman–Crippen MR) is 403 cm³/mol. The molecule has 0 radical (unpaired) electrons. The van der Waals surface area contributed by atoms with E-state index >= 15 is 0 Å². The fourth-order valence-corrected chi connectivity index (χ4v) is 16.7. The molecule has 0 N–H and O–H groups in total. The molecule has 4 aliphatic rings. The topological polar surface area (TPSA) is 87.2 Å². The molecular weight excluding hydrogens is 1170 g/mol. The van der Waals surface area contributed by atoms with Gasteiger partial charge in [-0.15, -0.1) is 0 Å². The van der Waals surface area contributed by atoms with Crippen molar-refractivity contribution in [3.63, 3.8) is 0 Å². The summed E-state index contributed by atoms with van der Waals surface area (Å²) >= 11 is 0. The van der Waals surface area contributed by atoms with Gasteiger partial charge < -0.3 is 0 Å². The number of aryl methyl sites for hydroxylation is 10. The average Bonchev–Trinajstić information content (AvgIpc) is 1.07. The van der Waals surface area contributed by atoms with Gasteiger partial charge in [0.05, 0.1) is 22.4 Å². The number of hydrogen-bond acceptors (Lipinski definition) is 6.